The largest absolute Gasteiger partial charge is 0.321 e. The summed E-state index contributed by atoms with van der Waals surface area (Å²) in [5, 5.41) is 14.8. The lowest BCUT2D eigenvalue weighted by atomic mass is 10.1. The van der Waals surface area contributed by atoms with Gasteiger partial charge in [0.05, 0.1) is 16.9 Å². The minimum absolute atomic E-state index is 0.130. The van der Waals surface area contributed by atoms with Gasteiger partial charge in [-0.3, -0.25) is 14.3 Å². The molecule has 0 aliphatic rings. The van der Waals surface area contributed by atoms with E-state index in [2.05, 4.69) is 15.7 Å². The van der Waals surface area contributed by atoms with E-state index in [4.69, 9.17) is 5.10 Å². The molecular weight excluding hydrogens is 452 g/mol. The molecule has 5 rings (SSSR count). The lowest BCUT2D eigenvalue weighted by Gasteiger charge is -2.07. The van der Waals surface area contributed by atoms with Crippen molar-refractivity contribution in [1.82, 2.24) is 19.6 Å². The van der Waals surface area contributed by atoms with Crippen molar-refractivity contribution >= 4 is 23.2 Å². The highest BCUT2D eigenvalue weighted by atomic mass is 16.2. The van der Waals surface area contributed by atoms with Gasteiger partial charge in [-0.2, -0.15) is 10.2 Å². The second-order valence-corrected chi connectivity index (χ2v) is 8.06. The standard InChI is InChI=1S/C28H24N6O2/c1-2-33-19-24(26(31-33)28(36)29-21-14-8-4-9-15-21)30-27(35)23-18-34(22-16-10-5-11-17-22)32-25(23)20-12-6-3-7-13-20/h3-19H,2H2,1H3,(H,29,36)(H,30,35). The smallest absolute Gasteiger partial charge is 0.278 e. The van der Waals surface area contributed by atoms with E-state index in [9.17, 15) is 9.59 Å². The summed E-state index contributed by atoms with van der Waals surface area (Å²) in [7, 11) is 0. The first-order valence-corrected chi connectivity index (χ1v) is 11.6. The minimum Gasteiger partial charge on any atom is -0.321 e. The van der Waals surface area contributed by atoms with Crippen molar-refractivity contribution in [2.24, 2.45) is 0 Å². The van der Waals surface area contributed by atoms with Crippen LogP contribution in [-0.2, 0) is 6.54 Å². The number of hydrogen-bond donors (Lipinski definition) is 2. The molecule has 0 spiro atoms. The predicted octanol–water partition coefficient (Wildman–Crippen LogP) is 5.26. The fourth-order valence-corrected chi connectivity index (χ4v) is 3.81. The molecule has 2 aromatic heterocycles. The molecule has 0 atom stereocenters. The Labute approximate surface area is 208 Å². The Morgan fingerprint density at radius 3 is 2.06 bits per heavy atom. The van der Waals surface area contributed by atoms with Crippen LogP contribution < -0.4 is 10.6 Å². The lowest BCUT2D eigenvalue weighted by Crippen LogP contribution is -2.18. The number of aryl methyl sites for hydroxylation is 1. The molecule has 0 saturated carbocycles. The molecule has 2 amide bonds. The second-order valence-electron chi connectivity index (χ2n) is 8.06. The Balaban J connectivity index is 1.49. The summed E-state index contributed by atoms with van der Waals surface area (Å²) in [6.07, 6.45) is 3.35. The van der Waals surface area contributed by atoms with Crippen LogP contribution in [0.1, 0.15) is 27.8 Å². The van der Waals surface area contributed by atoms with Crippen molar-refractivity contribution in [1.29, 1.82) is 0 Å². The number of nitrogens with one attached hydrogen (secondary N) is 2. The first-order chi connectivity index (χ1) is 17.6. The molecule has 3 aromatic carbocycles. The van der Waals surface area contributed by atoms with E-state index in [0.717, 1.165) is 11.3 Å². The molecule has 0 radical (unpaired) electrons. The monoisotopic (exact) mass is 476 g/mol. The van der Waals surface area contributed by atoms with Crippen molar-refractivity contribution in [2.75, 3.05) is 10.6 Å². The van der Waals surface area contributed by atoms with E-state index < -0.39 is 5.91 Å². The first kappa shape index (κ1) is 22.8. The van der Waals surface area contributed by atoms with Crippen LogP contribution in [0.25, 0.3) is 16.9 Å². The number of carbonyl (C=O) groups excluding carboxylic acids is 2. The van der Waals surface area contributed by atoms with Crippen molar-refractivity contribution in [3.05, 3.63) is 115 Å². The van der Waals surface area contributed by atoms with Gasteiger partial charge in [0.25, 0.3) is 11.8 Å². The number of para-hydroxylation sites is 2. The van der Waals surface area contributed by atoms with Gasteiger partial charge in [0.1, 0.15) is 5.69 Å². The quantitative estimate of drug-likeness (QED) is 0.335. The molecular formula is C28H24N6O2. The van der Waals surface area contributed by atoms with Gasteiger partial charge in [0, 0.05) is 30.2 Å². The molecule has 0 aliphatic heterocycles. The zero-order valence-electron chi connectivity index (χ0n) is 19.6. The summed E-state index contributed by atoms with van der Waals surface area (Å²) in [4.78, 5) is 26.6. The highest BCUT2D eigenvalue weighted by molar-refractivity contribution is 6.13. The number of nitrogens with zero attached hydrogens (tertiary/aromatic N) is 4. The number of benzene rings is 3. The third kappa shape index (κ3) is 4.78. The zero-order chi connectivity index (χ0) is 24.9. The summed E-state index contributed by atoms with van der Waals surface area (Å²) in [5.41, 5.74) is 3.65. The Morgan fingerprint density at radius 1 is 0.750 bits per heavy atom. The minimum atomic E-state index is -0.410. The topological polar surface area (TPSA) is 93.8 Å². The number of anilines is 2. The van der Waals surface area contributed by atoms with Crippen LogP contribution in [-0.4, -0.2) is 31.4 Å². The van der Waals surface area contributed by atoms with Gasteiger partial charge < -0.3 is 10.6 Å². The highest BCUT2D eigenvalue weighted by Crippen LogP contribution is 2.25. The van der Waals surface area contributed by atoms with Gasteiger partial charge in [0.15, 0.2) is 5.69 Å². The maximum atomic E-state index is 13.6. The first-order valence-electron chi connectivity index (χ1n) is 11.6. The Hall–Kier alpha value is -4.98. The SMILES string of the molecule is CCn1cc(NC(=O)c2cn(-c3ccccc3)nc2-c2ccccc2)c(C(=O)Nc2ccccc2)n1. The lowest BCUT2D eigenvalue weighted by molar-refractivity contribution is 0.102. The van der Waals surface area contributed by atoms with Gasteiger partial charge in [-0.15, -0.1) is 0 Å². The second kappa shape index (κ2) is 10.1. The third-order valence-electron chi connectivity index (χ3n) is 5.61. The van der Waals surface area contributed by atoms with Crippen molar-refractivity contribution in [2.45, 2.75) is 13.5 Å². The van der Waals surface area contributed by atoms with Gasteiger partial charge >= 0.3 is 0 Å². The molecule has 0 fully saturated rings. The van der Waals surface area contributed by atoms with Gasteiger partial charge in [-0.1, -0.05) is 66.7 Å². The molecule has 2 N–H and O–H groups in total. The van der Waals surface area contributed by atoms with E-state index in [-0.39, 0.29) is 11.6 Å². The van der Waals surface area contributed by atoms with Crippen molar-refractivity contribution in [3.8, 4) is 16.9 Å². The molecule has 8 nitrogen and oxygen atoms in total. The highest BCUT2D eigenvalue weighted by Gasteiger charge is 2.23. The summed E-state index contributed by atoms with van der Waals surface area (Å²) < 4.78 is 3.29. The van der Waals surface area contributed by atoms with E-state index in [1.165, 1.54) is 0 Å². The van der Waals surface area contributed by atoms with Crippen molar-refractivity contribution < 1.29 is 9.59 Å². The van der Waals surface area contributed by atoms with E-state index in [0.29, 0.717) is 29.2 Å². The predicted molar refractivity (Wildman–Crippen MR) is 139 cm³/mol. The van der Waals surface area contributed by atoms with Crippen LogP contribution in [0, 0.1) is 0 Å². The Morgan fingerprint density at radius 2 is 1.39 bits per heavy atom. The van der Waals surface area contributed by atoms with E-state index in [1.54, 1.807) is 33.9 Å². The molecule has 2 heterocycles. The summed E-state index contributed by atoms with van der Waals surface area (Å²) in [5.74, 6) is -0.799. The Kier molecular flexibility index (Phi) is 6.40. The van der Waals surface area contributed by atoms with Crippen LogP contribution in [0.15, 0.2) is 103 Å². The summed E-state index contributed by atoms with van der Waals surface area (Å²) >= 11 is 0. The fourth-order valence-electron chi connectivity index (χ4n) is 3.81. The molecule has 36 heavy (non-hydrogen) atoms. The third-order valence-corrected chi connectivity index (χ3v) is 5.61. The molecule has 0 unspecified atom stereocenters. The maximum Gasteiger partial charge on any atom is 0.278 e. The number of aromatic nitrogens is 4. The molecule has 0 bridgehead atoms. The molecule has 0 saturated heterocycles. The molecule has 178 valence electrons. The van der Waals surface area contributed by atoms with E-state index >= 15 is 0 Å². The van der Waals surface area contributed by atoms with Crippen LogP contribution in [0.4, 0.5) is 11.4 Å². The molecule has 0 aliphatic carbocycles. The normalized spacial score (nSPS) is 10.7. The fraction of sp³-hybridized carbons (Fsp3) is 0.0714. The molecule has 5 aromatic rings. The van der Waals surface area contributed by atoms with Crippen LogP contribution in [0.5, 0.6) is 0 Å². The number of carbonyl (C=O) groups is 2. The number of hydrogen-bond acceptors (Lipinski definition) is 4. The summed E-state index contributed by atoms with van der Waals surface area (Å²) in [6, 6.07) is 28.2. The van der Waals surface area contributed by atoms with Crippen LogP contribution >= 0.6 is 0 Å². The Bertz CT molecular complexity index is 1490. The maximum absolute atomic E-state index is 13.6. The van der Waals surface area contributed by atoms with Gasteiger partial charge in [-0.25, -0.2) is 4.68 Å². The summed E-state index contributed by atoms with van der Waals surface area (Å²) in [6.45, 7) is 2.46. The van der Waals surface area contributed by atoms with Crippen molar-refractivity contribution in [3.63, 3.8) is 0 Å². The van der Waals surface area contributed by atoms with Gasteiger partial charge in [0.2, 0.25) is 0 Å². The zero-order valence-corrected chi connectivity index (χ0v) is 19.6. The van der Waals surface area contributed by atoms with Crippen LogP contribution in [0.3, 0.4) is 0 Å². The average molecular weight is 477 g/mol. The van der Waals surface area contributed by atoms with Crippen LogP contribution in [0.2, 0.25) is 0 Å². The number of rotatable bonds is 7. The van der Waals surface area contributed by atoms with E-state index in [1.807, 2.05) is 85.8 Å². The average Bonchev–Trinajstić information content (AvgIpc) is 3.55. The number of amides is 2. The van der Waals surface area contributed by atoms with Gasteiger partial charge in [-0.05, 0) is 31.2 Å². The molecule has 8 heteroatoms.